The number of unbranched alkanes of at least 4 members (excludes halogenated alkanes) is 3. The summed E-state index contributed by atoms with van der Waals surface area (Å²) >= 11 is 0. The molecule has 0 aliphatic heterocycles. The van der Waals surface area contributed by atoms with Crippen molar-refractivity contribution in [2.75, 3.05) is 32.8 Å². The topological polar surface area (TPSA) is 199 Å². The Kier molecular flexibility index (Phi) is 16.7. The molecule has 0 aromatic carbocycles. The molecule has 0 heterocycles. The van der Waals surface area contributed by atoms with Crippen molar-refractivity contribution in [3.8, 4) is 0 Å². The van der Waals surface area contributed by atoms with Gasteiger partial charge in [-0.2, -0.15) is 0 Å². The zero-order valence-electron chi connectivity index (χ0n) is 20.5. The third-order valence-electron chi connectivity index (χ3n) is 5.43. The van der Waals surface area contributed by atoms with Crippen molar-refractivity contribution < 1.29 is 25.2 Å². The van der Waals surface area contributed by atoms with Gasteiger partial charge in [0.05, 0.1) is 31.4 Å². The number of hydrogen-bond acceptors (Lipinski definition) is 8. The summed E-state index contributed by atoms with van der Waals surface area (Å²) in [6.45, 7) is 7.60. The lowest BCUT2D eigenvalue weighted by Crippen LogP contribution is -2.48. The summed E-state index contributed by atoms with van der Waals surface area (Å²) in [5, 5.41) is 42.9. The SMILES string of the molecule is CCC(C)(C)NCCN=C(N)CCCCCCC(N)=NCCNC(=O)C(O)C(O)C(O)CO. The molecule has 10 N–H and O–H groups in total. The van der Waals surface area contributed by atoms with E-state index in [0.29, 0.717) is 24.6 Å². The molecule has 0 bridgehead atoms. The average Bonchev–Trinajstić information content (AvgIpc) is 2.79. The average molecular weight is 475 g/mol. The molecule has 0 saturated carbocycles. The molecule has 1 amide bonds. The van der Waals surface area contributed by atoms with E-state index in [4.69, 9.17) is 16.6 Å². The molecule has 0 aromatic rings. The highest BCUT2D eigenvalue weighted by atomic mass is 16.4. The van der Waals surface area contributed by atoms with E-state index in [1.807, 2.05) is 0 Å². The number of hydrogen-bond donors (Lipinski definition) is 8. The predicted molar refractivity (Wildman–Crippen MR) is 131 cm³/mol. The number of nitrogens with two attached hydrogens (primary N) is 2. The van der Waals surface area contributed by atoms with Crippen LogP contribution in [0.25, 0.3) is 0 Å². The molecule has 0 aliphatic carbocycles. The Morgan fingerprint density at radius 3 is 1.94 bits per heavy atom. The standard InChI is InChI=1S/C22H46N6O5/c1-4-22(2,3)28-14-13-26-18(24)10-8-6-5-7-9-17(23)25-11-12-27-21(33)20(32)19(31)16(30)15-29/h16,19-20,28-32H,4-15H2,1-3H3,(H2,23,25)(H2,24,26)(H,27,33). The van der Waals surface area contributed by atoms with Crippen LogP contribution in [0.5, 0.6) is 0 Å². The van der Waals surface area contributed by atoms with Crippen LogP contribution in [0.4, 0.5) is 0 Å². The lowest BCUT2D eigenvalue weighted by molar-refractivity contribution is -0.142. The van der Waals surface area contributed by atoms with Gasteiger partial charge in [-0.15, -0.1) is 0 Å². The van der Waals surface area contributed by atoms with Gasteiger partial charge in [-0.1, -0.05) is 19.8 Å². The first-order valence-corrected chi connectivity index (χ1v) is 11.8. The van der Waals surface area contributed by atoms with E-state index >= 15 is 0 Å². The van der Waals surface area contributed by atoms with Crippen LogP contribution in [0.15, 0.2) is 9.98 Å². The summed E-state index contributed by atoms with van der Waals surface area (Å²) in [6.07, 6.45) is 1.22. The fourth-order valence-electron chi connectivity index (χ4n) is 2.80. The first kappa shape index (κ1) is 31.2. The van der Waals surface area contributed by atoms with Crippen molar-refractivity contribution in [2.24, 2.45) is 21.5 Å². The second kappa shape index (κ2) is 17.7. The Hall–Kier alpha value is -1.79. The minimum atomic E-state index is -1.84. The molecule has 0 rings (SSSR count). The molecule has 11 heteroatoms. The number of aliphatic hydroxyl groups excluding tert-OH is 4. The van der Waals surface area contributed by atoms with Crippen molar-refractivity contribution in [1.82, 2.24) is 10.6 Å². The van der Waals surface area contributed by atoms with Crippen LogP contribution in [0.3, 0.4) is 0 Å². The van der Waals surface area contributed by atoms with Crippen molar-refractivity contribution in [2.45, 2.75) is 89.6 Å². The summed E-state index contributed by atoms with van der Waals surface area (Å²) in [5.41, 5.74) is 12.0. The van der Waals surface area contributed by atoms with E-state index in [-0.39, 0.29) is 18.6 Å². The maximum absolute atomic E-state index is 11.7. The lowest BCUT2D eigenvalue weighted by Gasteiger charge is -2.23. The van der Waals surface area contributed by atoms with E-state index in [1.165, 1.54) is 0 Å². The second-order valence-corrected chi connectivity index (χ2v) is 8.80. The molecule has 3 atom stereocenters. The van der Waals surface area contributed by atoms with E-state index in [1.54, 1.807) is 0 Å². The zero-order valence-corrected chi connectivity index (χ0v) is 20.5. The zero-order chi connectivity index (χ0) is 25.3. The largest absolute Gasteiger partial charge is 0.394 e. The molecule has 0 radical (unpaired) electrons. The number of carbonyl (C=O) groups is 1. The number of aliphatic imine (C=N–C) groups is 2. The predicted octanol–water partition coefficient (Wildman–Crippen LogP) is -0.989. The summed E-state index contributed by atoms with van der Waals surface area (Å²) in [6, 6.07) is 0. The molecule has 0 aliphatic rings. The molecular weight excluding hydrogens is 428 g/mol. The smallest absolute Gasteiger partial charge is 0.251 e. The highest BCUT2D eigenvalue weighted by molar-refractivity contribution is 5.82. The van der Waals surface area contributed by atoms with Gasteiger partial charge in [-0.3, -0.25) is 14.8 Å². The van der Waals surface area contributed by atoms with E-state index in [0.717, 1.165) is 45.1 Å². The molecule has 11 nitrogen and oxygen atoms in total. The van der Waals surface area contributed by atoms with Crippen molar-refractivity contribution in [3.05, 3.63) is 0 Å². The fourth-order valence-corrected chi connectivity index (χ4v) is 2.80. The first-order chi connectivity index (χ1) is 15.5. The minimum absolute atomic E-state index is 0.126. The molecule has 0 saturated heterocycles. The number of aliphatic hydroxyl groups is 4. The lowest BCUT2D eigenvalue weighted by atomic mass is 10.0. The van der Waals surface area contributed by atoms with Gasteiger partial charge in [0.15, 0.2) is 6.10 Å². The fraction of sp³-hybridized carbons (Fsp3) is 0.864. The Balaban J connectivity index is 3.85. The summed E-state index contributed by atoms with van der Waals surface area (Å²) in [7, 11) is 0. The maximum Gasteiger partial charge on any atom is 0.251 e. The van der Waals surface area contributed by atoms with Gasteiger partial charge in [0.25, 0.3) is 5.91 Å². The number of nitrogens with one attached hydrogen (secondary N) is 2. The van der Waals surface area contributed by atoms with Crippen LogP contribution in [0, 0.1) is 0 Å². The Labute approximate surface area is 197 Å². The van der Waals surface area contributed by atoms with Crippen molar-refractivity contribution >= 4 is 17.6 Å². The van der Waals surface area contributed by atoms with Gasteiger partial charge in [-0.05, 0) is 33.1 Å². The van der Waals surface area contributed by atoms with E-state index in [9.17, 15) is 20.1 Å². The molecule has 194 valence electrons. The van der Waals surface area contributed by atoms with Crippen LogP contribution < -0.4 is 22.1 Å². The minimum Gasteiger partial charge on any atom is -0.394 e. The number of nitrogens with zero attached hydrogens (tertiary/aromatic N) is 2. The van der Waals surface area contributed by atoms with E-state index < -0.39 is 30.8 Å². The van der Waals surface area contributed by atoms with Crippen LogP contribution >= 0.6 is 0 Å². The first-order valence-electron chi connectivity index (χ1n) is 11.8. The van der Waals surface area contributed by atoms with Gasteiger partial charge in [0, 0.05) is 31.5 Å². The number of rotatable bonds is 19. The molecular formula is C22H46N6O5. The van der Waals surface area contributed by atoms with Gasteiger partial charge in [-0.25, -0.2) is 0 Å². The third-order valence-corrected chi connectivity index (χ3v) is 5.43. The van der Waals surface area contributed by atoms with Gasteiger partial charge in [0.2, 0.25) is 0 Å². The molecule has 0 spiro atoms. The van der Waals surface area contributed by atoms with Crippen LogP contribution in [-0.4, -0.2) is 94.6 Å². The highest BCUT2D eigenvalue weighted by Gasteiger charge is 2.29. The molecule has 0 aromatic heterocycles. The van der Waals surface area contributed by atoms with Gasteiger partial charge < -0.3 is 42.5 Å². The van der Waals surface area contributed by atoms with Crippen molar-refractivity contribution in [1.29, 1.82) is 0 Å². The summed E-state index contributed by atoms with van der Waals surface area (Å²) in [4.78, 5) is 20.3. The Morgan fingerprint density at radius 1 is 0.939 bits per heavy atom. The number of amides is 1. The van der Waals surface area contributed by atoms with Crippen molar-refractivity contribution in [3.63, 3.8) is 0 Å². The van der Waals surface area contributed by atoms with Crippen LogP contribution in [-0.2, 0) is 4.79 Å². The summed E-state index contributed by atoms with van der Waals surface area (Å²) < 4.78 is 0. The quantitative estimate of drug-likeness (QED) is 0.0662. The van der Waals surface area contributed by atoms with E-state index in [2.05, 4.69) is 41.4 Å². The van der Waals surface area contributed by atoms with Crippen LogP contribution in [0.2, 0.25) is 0 Å². The monoisotopic (exact) mass is 474 g/mol. The second-order valence-electron chi connectivity index (χ2n) is 8.80. The molecule has 33 heavy (non-hydrogen) atoms. The van der Waals surface area contributed by atoms with Gasteiger partial charge >= 0.3 is 0 Å². The van der Waals surface area contributed by atoms with Gasteiger partial charge in [0.1, 0.15) is 12.2 Å². The van der Waals surface area contributed by atoms with Crippen LogP contribution in [0.1, 0.15) is 65.7 Å². The highest BCUT2D eigenvalue weighted by Crippen LogP contribution is 2.07. The number of carbonyl (C=O) groups excluding carboxylic acids is 1. The Morgan fingerprint density at radius 2 is 1.45 bits per heavy atom. The maximum atomic E-state index is 11.7. The normalized spacial score (nSPS) is 15.8. The summed E-state index contributed by atoms with van der Waals surface area (Å²) in [5.74, 6) is 0.328. The third kappa shape index (κ3) is 15.6. The Bertz CT molecular complexity index is 600. The molecule has 3 unspecified atom stereocenters. The number of amidine groups is 2. The molecule has 0 fully saturated rings.